The van der Waals surface area contributed by atoms with E-state index in [0.29, 0.717) is 13.2 Å². The molecule has 2 rings (SSSR count). The van der Waals surface area contributed by atoms with Crippen molar-refractivity contribution in [2.75, 3.05) is 19.7 Å². The molecule has 6 nitrogen and oxygen atoms in total. The van der Waals surface area contributed by atoms with Gasteiger partial charge in [-0.1, -0.05) is 0 Å². The number of aliphatic carboxylic acids is 1. The van der Waals surface area contributed by atoms with Gasteiger partial charge in [0, 0.05) is 19.0 Å². The summed E-state index contributed by atoms with van der Waals surface area (Å²) in [6.07, 6.45) is -0.455. The zero-order chi connectivity index (χ0) is 15.3. The topological polar surface area (TPSA) is 76.1 Å². The Kier molecular flexibility index (Phi) is 3.28. The summed E-state index contributed by atoms with van der Waals surface area (Å²) in [4.78, 5) is 25.4. The minimum absolute atomic E-state index is 0.134. The summed E-state index contributed by atoms with van der Waals surface area (Å²) in [6.45, 7) is 9.79. The number of ether oxygens (including phenoxy) is 2. The molecule has 1 N–H and O–H groups in total. The summed E-state index contributed by atoms with van der Waals surface area (Å²) in [5.41, 5.74) is -2.43. The Morgan fingerprint density at radius 2 is 1.95 bits per heavy atom. The number of carbonyl (C=O) groups is 2. The summed E-state index contributed by atoms with van der Waals surface area (Å²) in [5, 5.41) is 9.68. The minimum Gasteiger partial charge on any atom is -0.481 e. The van der Waals surface area contributed by atoms with Gasteiger partial charge in [0.05, 0.1) is 12.2 Å². The highest BCUT2D eigenvalue weighted by Gasteiger charge is 2.66. The molecule has 0 radical (unpaired) electrons. The van der Waals surface area contributed by atoms with E-state index in [1.165, 1.54) is 4.90 Å². The molecule has 0 aromatic rings. The molecule has 0 bridgehead atoms. The van der Waals surface area contributed by atoms with Gasteiger partial charge in [0.1, 0.15) is 11.0 Å². The van der Waals surface area contributed by atoms with Crippen LogP contribution in [0.3, 0.4) is 0 Å². The molecule has 0 aromatic carbocycles. The Balaban J connectivity index is 2.22. The molecule has 2 atom stereocenters. The number of nitrogens with zero attached hydrogens (tertiary/aromatic N) is 1. The summed E-state index contributed by atoms with van der Waals surface area (Å²) in [5.74, 6) is -1.10. The molecule has 2 aliphatic rings. The molecule has 0 spiro atoms. The van der Waals surface area contributed by atoms with Crippen molar-refractivity contribution in [2.24, 2.45) is 11.3 Å². The van der Waals surface area contributed by atoms with Crippen LogP contribution in [-0.4, -0.2) is 53.0 Å². The Labute approximate surface area is 119 Å². The lowest BCUT2D eigenvalue weighted by atomic mass is 9.69. The second-order valence-corrected chi connectivity index (χ2v) is 7.16. The molecular formula is C14H23NO5. The monoisotopic (exact) mass is 285 g/mol. The molecule has 114 valence electrons. The van der Waals surface area contributed by atoms with Gasteiger partial charge in [-0.15, -0.1) is 0 Å². The van der Waals surface area contributed by atoms with Crippen molar-refractivity contribution in [3.63, 3.8) is 0 Å². The third-order valence-electron chi connectivity index (χ3n) is 4.33. The van der Waals surface area contributed by atoms with Crippen LogP contribution in [0.1, 0.15) is 34.6 Å². The van der Waals surface area contributed by atoms with Gasteiger partial charge in [-0.3, -0.25) is 4.79 Å². The molecule has 2 aliphatic heterocycles. The fraction of sp³-hybridized carbons (Fsp3) is 0.857. The first-order chi connectivity index (χ1) is 8.99. The van der Waals surface area contributed by atoms with Gasteiger partial charge in [-0.05, 0) is 34.6 Å². The van der Waals surface area contributed by atoms with E-state index in [2.05, 4.69) is 0 Å². The number of hydrogen-bond donors (Lipinski definition) is 1. The van der Waals surface area contributed by atoms with Crippen molar-refractivity contribution in [1.82, 2.24) is 4.90 Å². The maximum atomic E-state index is 12.1. The molecule has 0 unspecified atom stereocenters. The maximum absolute atomic E-state index is 12.1. The molecule has 2 saturated heterocycles. The highest BCUT2D eigenvalue weighted by molar-refractivity contribution is 5.80. The van der Waals surface area contributed by atoms with Gasteiger partial charge in [-0.25, -0.2) is 4.79 Å². The highest BCUT2D eigenvalue weighted by Crippen LogP contribution is 2.52. The van der Waals surface area contributed by atoms with Crippen LogP contribution in [-0.2, 0) is 14.3 Å². The molecule has 0 saturated carbocycles. The third-order valence-corrected chi connectivity index (χ3v) is 4.33. The minimum atomic E-state index is -1.05. The zero-order valence-electron chi connectivity index (χ0n) is 12.7. The van der Waals surface area contributed by atoms with Crippen LogP contribution < -0.4 is 0 Å². The first-order valence-electron chi connectivity index (χ1n) is 6.85. The van der Waals surface area contributed by atoms with Gasteiger partial charge in [0.15, 0.2) is 0 Å². The molecule has 0 aromatic heterocycles. The van der Waals surface area contributed by atoms with Gasteiger partial charge < -0.3 is 19.5 Å². The Bertz CT molecular complexity index is 439. The average Bonchev–Trinajstić information content (AvgIpc) is 2.74. The van der Waals surface area contributed by atoms with Crippen LogP contribution in [0.25, 0.3) is 0 Å². The smallest absolute Gasteiger partial charge is 0.410 e. The molecule has 2 heterocycles. The van der Waals surface area contributed by atoms with Crippen molar-refractivity contribution < 1.29 is 24.2 Å². The highest BCUT2D eigenvalue weighted by atomic mass is 16.6. The predicted octanol–water partition coefficient (Wildman–Crippen LogP) is 1.73. The van der Waals surface area contributed by atoms with Crippen molar-refractivity contribution >= 4 is 12.1 Å². The largest absolute Gasteiger partial charge is 0.481 e. The van der Waals surface area contributed by atoms with Crippen molar-refractivity contribution in [1.29, 1.82) is 0 Å². The summed E-state index contributed by atoms with van der Waals surface area (Å²) >= 11 is 0. The van der Waals surface area contributed by atoms with E-state index in [9.17, 15) is 14.7 Å². The molecule has 1 amide bonds. The van der Waals surface area contributed by atoms with Gasteiger partial charge >= 0.3 is 12.1 Å². The fourth-order valence-electron chi connectivity index (χ4n) is 3.20. The van der Waals surface area contributed by atoms with E-state index in [1.807, 2.05) is 0 Å². The molecule has 20 heavy (non-hydrogen) atoms. The number of fused-ring (bicyclic) bond motifs is 1. The van der Waals surface area contributed by atoms with Gasteiger partial charge in [0.25, 0.3) is 0 Å². The maximum Gasteiger partial charge on any atom is 0.410 e. The van der Waals surface area contributed by atoms with Gasteiger partial charge in [0.2, 0.25) is 0 Å². The number of carboxylic acid groups (broad SMARTS) is 1. The molecule has 0 aliphatic carbocycles. The first kappa shape index (κ1) is 15.1. The Morgan fingerprint density at radius 1 is 1.35 bits per heavy atom. The van der Waals surface area contributed by atoms with E-state index >= 15 is 0 Å². The SMILES string of the molecule is CC(C)(C)OC(=O)N1C[C@@H]2COC(C)(C)[C@]2(C(=O)O)C1. The number of carbonyl (C=O) groups excluding carboxylic acids is 1. The van der Waals surface area contributed by atoms with Crippen molar-refractivity contribution in [3.05, 3.63) is 0 Å². The number of likely N-dealkylation sites (tertiary alicyclic amines) is 1. The van der Waals surface area contributed by atoms with E-state index < -0.39 is 28.7 Å². The summed E-state index contributed by atoms with van der Waals surface area (Å²) < 4.78 is 11.0. The van der Waals surface area contributed by atoms with Crippen LogP contribution in [0.2, 0.25) is 0 Å². The van der Waals surface area contributed by atoms with Crippen LogP contribution in [0.4, 0.5) is 4.79 Å². The lowest BCUT2D eigenvalue weighted by Crippen LogP contribution is -2.51. The Morgan fingerprint density at radius 3 is 2.40 bits per heavy atom. The quantitative estimate of drug-likeness (QED) is 0.794. The number of carboxylic acids is 1. The fourth-order valence-corrected chi connectivity index (χ4v) is 3.20. The third kappa shape index (κ3) is 2.16. The molecule has 6 heteroatoms. The first-order valence-corrected chi connectivity index (χ1v) is 6.85. The van der Waals surface area contributed by atoms with Crippen LogP contribution in [0.15, 0.2) is 0 Å². The van der Waals surface area contributed by atoms with E-state index in [-0.39, 0.29) is 12.5 Å². The number of amides is 1. The normalized spacial score (nSPS) is 32.0. The van der Waals surface area contributed by atoms with Crippen molar-refractivity contribution in [2.45, 2.75) is 45.8 Å². The van der Waals surface area contributed by atoms with Gasteiger partial charge in [-0.2, -0.15) is 0 Å². The lowest BCUT2D eigenvalue weighted by Gasteiger charge is -2.35. The van der Waals surface area contributed by atoms with Crippen molar-refractivity contribution in [3.8, 4) is 0 Å². The molecular weight excluding hydrogens is 262 g/mol. The summed E-state index contributed by atoms with van der Waals surface area (Å²) in [7, 11) is 0. The number of hydrogen-bond acceptors (Lipinski definition) is 4. The van der Waals surface area contributed by atoms with Crippen LogP contribution in [0.5, 0.6) is 0 Å². The second kappa shape index (κ2) is 4.35. The predicted molar refractivity (Wildman–Crippen MR) is 71.4 cm³/mol. The van der Waals surface area contributed by atoms with E-state index in [0.717, 1.165) is 0 Å². The average molecular weight is 285 g/mol. The van der Waals surface area contributed by atoms with E-state index in [1.54, 1.807) is 34.6 Å². The Hall–Kier alpha value is -1.30. The lowest BCUT2D eigenvalue weighted by molar-refractivity contribution is -0.159. The number of rotatable bonds is 1. The zero-order valence-corrected chi connectivity index (χ0v) is 12.7. The standard InChI is InChI=1S/C14H23NO5/c1-12(2,3)20-11(18)15-6-9-7-19-13(4,5)14(9,8-15)10(16)17/h9H,6-8H2,1-5H3,(H,16,17)/t9-,14-/m1/s1. The second-order valence-electron chi connectivity index (χ2n) is 7.16. The van der Waals surface area contributed by atoms with Crippen LogP contribution in [0, 0.1) is 11.3 Å². The molecule has 2 fully saturated rings. The summed E-state index contributed by atoms with van der Waals surface area (Å²) in [6, 6.07) is 0. The van der Waals surface area contributed by atoms with E-state index in [4.69, 9.17) is 9.47 Å². The van der Waals surface area contributed by atoms with Crippen LogP contribution >= 0.6 is 0 Å².